The lowest BCUT2D eigenvalue weighted by Crippen LogP contribution is -2.12. The lowest BCUT2D eigenvalue weighted by atomic mass is 10.3. The van der Waals surface area contributed by atoms with Crippen LogP contribution in [0, 0.1) is 0 Å². The number of nitrogens with zero attached hydrogens (tertiary/aromatic N) is 1. The summed E-state index contributed by atoms with van der Waals surface area (Å²) in [5.74, 6) is 0. The molecular weight excluding hydrogens is 262 g/mol. The maximum absolute atomic E-state index is 12.1. The molecule has 0 unspecified atom stereocenters. The van der Waals surface area contributed by atoms with Gasteiger partial charge in [-0.3, -0.25) is 4.72 Å². The summed E-state index contributed by atoms with van der Waals surface area (Å²) in [5.41, 5.74) is 2.08. The highest BCUT2D eigenvalue weighted by Gasteiger charge is 2.13. The van der Waals surface area contributed by atoms with E-state index in [1.807, 2.05) is 0 Å². The predicted molar refractivity (Wildman–Crippen MR) is 73.3 cm³/mol. The Morgan fingerprint density at radius 2 is 1.84 bits per heavy atom. The van der Waals surface area contributed by atoms with Crippen molar-refractivity contribution in [2.45, 2.75) is 4.90 Å². The molecule has 0 saturated carbocycles. The fourth-order valence-electron chi connectivity index (χ4n) is 1.81. The number of benzene rings is 2. The molecule has 0 atom stereocenters. The molecule has 1 heterocycles. The van der Waals surface area contributed by atoms with E-state index < -0.39 is 10.0 Å². The first kappa shape index (κ1) is 11.7. The van der Waals surface area contributed by atoms with E-state index in [9.17, 15) is 8.42 Å². The van der Waals surface area contributed by atoms with Crippen molar-refractivity contribution < 1.29 is 8.42 Å². The van der Waals surface area contributed by atoms with Crippen molar-refractivity contribution in [3.63, 3.8) is 0 Å². The van der Waals surface area contributed by atoms with Crippen LogP contribution >= 0.6 is 0 Å². The number of aromatic amines is 1. The Labute approximate surface area is 110 Å². The van der Waals surface area contributed by atoms with Crippen LogP contribution < -0.4 is 4.72 Å². The van der Waals surface area contributed by atoms with Crippen LogP contribution in [-0.2, 0) is 10.0 Å². The van der Waals surface area contributed by atoms with E-state index >= 15 is 0 Å². The molecule has 6 heteroatoms. The van der Waals surface area contributed by atoms with Gasteiger partial charge in [0.15, 0.2) is 0 Å². The molecule has 2 aromatic carbocycles. The van der Waals surface area contributed by atoms with Crippen molar-refractivity contribution in [2.24, 2.45) is 0 Å². The SMILES string of the molecule is O=S(=O)(Nc1ccc2nc[nH]c2c1)c1ccccc1. The molecule has 3 rings (SSSR count). The molecule has 96 valence electrons. The molecule has 5 nitrogen and oxygen atoms in total. The Morgan fingerprint density at radius 1 is 1.05 bits per heavy atom. The molecule has 19 heavy (non-hydrogen) atoms. The van der Waals surface area contributed by atoms with Crippen molar-refractivity contribution in [1.29, 1.82) is 0 Å². The van der Waals surface area contributed by atoms with Gasteiger partial charge in [0.2, 0.25) is 0 Å². The van der Waals surface area contributed by atoms with E-state index in [2.05, 4.69) is 14.7 Å². The van der Waals surface area contributed by atoms with Gasteiger partial charge in [-0.2, -0.15) is 0 Å². The lowest BCUT2D eigenvalue weighted by molar-refractivity contribution is 0.601. The predicted octanol–water partition coefficient (Wildman–Crippen LogP) is 2.36. The number of aromatic nitrogens is 2. The van der Waals surface area contributed by atoms with Crippen LogP contribution in [0.4, 0.5) is 5.69 Å². The minimum absolute atomic E-state index is 0.236. The first-order valence-corrected chi connectivity index (χ1v) is 7.14. The van der Waals surface area contributed by atoms with Gasteiger partial charge in [0.1, 0.15) is 0 Å². The van der Waals surface area contributed by atoms with Gasteiger partial charge in [0, 0.05) is 0 Å². The topological polar surface area (TPSA) is 74.8 Å². The van der Waals surface area contributed by atoms with Crippen LogP contribution in [0.2, 0.25) is 0 Å². The molecule has 0 amide bonds. The second kappa shape index (κ2) is 4.40. The maximum Gasteiger partial charge on any atom is 0.261 e. The van der Waals surface area contributed by atoms with E-state index in [0.717, 1.165) is 11.0 Å². The Balaban J connectivity index is 1.96. The summed E-state index contributed by atoms with van der Waals surface area (Å²) < 4.78 is 26.8. The normalized spacial score (nSPS) is 11.6. The molecular formula is C13H11N3O2S. The van der Waals surface area contributed by atoms with Crippen LogP contribution in [0.15, 0.2) is 59.8 Å². The van der Waals surface area contributed by atoms with Crippen LogP contribution in [0.25, 0.3) is 11.0 Å². The Bertz CT molecular complexity index is 810. The monoisotopic (exact) mass is 273 g/mol. The van der Waals surface area contributed by atoms with Crippen molar-refractivity contribution in [2.75, 3.05) is 4.72 Å². The Morgan fingerprint density at radius 3 is 2.63 bits per heavy atom. The molecule has 0 aliphatic heterocycles. The van der Waals surface area contributed by atoms with Gasteiger partial charge in [-0.15, -0.1) is 0 Å². The number of sulfonamides is 1. The zero-order valence-electron chi connectivity index (χ0n) is 9.87. The van der Waals surface area contributed by atoms with Gasteiger partial charge >= 0.3 is 0 Å². The highest BCUT2D eigenvalue weighted by atomic mass is 32.2. The summed E-state index contributed by atoms with van der Waals surface area (Å²) in [7, 11) is -3.55. The van der Waals surface area contributed by atoms with Crippen molar-refractivity contribution in [3.8, 4) is 0 Å². The third-order valence-corrected chi connectivity index (χ3v) is 4.12. The van der Waals surface area contributed by atoms with Gasteiger partial charge in [0.05, 0.1) is 27.9 Å². The van der Waals surface area contributed by atoms with E-state index in [4.69, 9.17) is 0 Å². The fraction of sp³-hybridized carbons (Fsp3) is 0. The summed E-state index contributed by atoms with van der Waals surface area (Å²) in [4.78, 5) is 7.26. The molecule has 0 bridgehead atoms. The van der Waals surface area contributed by atoms with Gasteiger partial charge < -0.3 is 4.98 Å². The zero-order valence-corrected chi connectivity index (χ0v) is 10.7. The molecule has 0 radical (unpaired) electrons. The molecule has 0 saturated heterocycles. The van der Waals surface area contributed by atoms with Crippen LogP contribution in [0.1, 0.15) is 0 Å². The smallest absolute Gasteiger partial charge is 0.261 e. The van der Waals surface area contributed by atoms with Crippen molar-refractivity contribution >= 4 is 26.7 Å². The summed E-state index contributed by atoms with van der Waals surface area (Å²) in [5, 5.41) is 0. The number of hydrogen-bond acceptors (Lipinski definition) is 3. The summed E-state index contributed by atoms with van der Waals surface area (Å²) in [6, 6.07) is 13.4. The maximum atomic E-state index is 12.1. The number of imidazole rings is 1. The van der Waals surface area contributed by atoms with Gasteiger partial charge in [-0.25, -0.2) is 13.4 Å². The molecule has 2 N–H and O–H groups in total. The number of nitrogens with one attached hydrogen (secondary N) is 2. The summed E-state index contributed by atoms with van der Waals surface area (Å²) in [6.45, 7) is 0. The van der Waals surface area contributed by atoms with Crippen molar-refractivity contribution in [3.05, 3.63) is 54.9 Å². The minimum atomic E-state index is -3.55. The largest absolute Gasteiger partial charge is 0.345 e. The quantitative estimate of drug-likeness (QED) is 0.769. The first-order valence-electron chi connectivity index (χ1n) is 5.66. The highest BCUT2D eigenvalue weighted by Crippen LogP contribution is 2.19. The van der Waals surface area contributed by atoms with Crippen LogP contribution in [0.5, 0.6) is 0 Å². The number of hydrogen-bond donors (Lipinski definition) is 2. The second-order valence-corrected chi connectivity index (χ2v) is 5.74. The van der Waals surface area contributed by atoms with Gasteiger partial charge in [0.25, 0.3) is 10.0 Å². The number of fused-ring (bicyclic) bond motifs is 1. The Hall–Kier alpha value is -2.34. The third kappa shape index (κ3) is 2.30. The van der Waals surface area contributed by atoms with Crippen molar-refractivity contribution in [1.82, 2.24) is 9.97 Å². The average Bonchev–Trinajstić information content (AvgIpc) is 2.87. The molecule has 0 fully saturated rings. The molecule has 0 aliphatic carbocycles. The molecule has 1 aromatic heterocycles. The number of anilines is 1. The summed E-state index contributed by atoms with van der Waals surface area (Å²) >= 11 is 0. The first-order chi connectivity index (χ1) is 9.15. The van der Waals surface area contributed by atoms with E-state index in [0.29, 0.717) is 5.69 Å². The van der Waals surface area contributed by atoms with E-state index in [1.165, 1.54) is 0 Å². The Kier molecular flexibility index (Phi) is 2.72. The van der Waals surface area contributed by atoms with Gasteiger partial charge in [-0.05, 0) is 30.3 Å². The highest BCUT2D eigenvalue weighted by molar-refractivity contribution is 7.92. The van der Waals surface area contributed by atoms with E-state index in [1.54, 1.807) is 54.9 Å². The molecule has 0 spiro atoms. The number of H-pyrrole nitrogens is 1. The van der Waals surface area contributed by atoms with Crippen LogP contribution in [0.3, 0.4) is 0 Å². The molecule has 0 aliphatic rings. The molecule has 3 aromatic rings. The lowest BCUT2D eigenvalue weighted by Gasteiger charge is -2.07. The standard InChI is InChI=1S/C13H11N3O2S/c17-19(18,11-4-2-1-3-5-11)16-10-6-7-12-13(8-10)15-9-14-12/h1-9,16H,(H,14,15). The second-order valence-electron chi connectivity index (χ2n) is 4.05. The van der Waals surface area contributed by atoms with E-state index in [-0.39, 0.29) is 4.90 Å². The average molecular weight is 273 g/mol. The van der Waals surface area contributed by atoms with Gasteiger partial charge in [-0.1, -0.05) is 18.2 Å². The third-order valence-electron chi connectivity index (χ3n) is 2.73. The number of rotatable bonds is 3. The minimum Gasteiger partial charge on any atom is -0.345 e. The fourth-order valence-corrected chi connectivity index (χ4v) is 2.88. The zero-order chi connectivity index (χ0) is 13.3. The summed E-state index contributed by atoms with van der Waals surface area (Å²) in [6.07, 6.45) is 1.57. The van der Waals surface area contributed by atoms with Crippen LogP contribution in [-0.4, -0.2) is 18.4 Å².